The standard InChI is InChI=1S/C16H28N2/c1-12-7-8-14(16(2,3)4)9-15(12)13(10-17)11-18(5)6/h7-9,13H,10-11,17H2,1-6H3. The van der Waals surface area contributed by atoms with Crippen molar-refractivity contribution in [3.63, 3.8) is 0 Å². The lowest BCUT2D eigenvalue weighted by molar-refractivity contribution is 0.374. The van der Waals surface area contributed by atoms with Gasteiger partial charge >= 0.3 is 0 Å². The van der Waals surface area contributed by atoms with Crippen molar-refractivity contribution in [2.75, 3.05) is 27.2 Å². The van der Waals surface area contributed by atoms with Gasteiger partial charge in [0.15, 0.2) is 0 Å². The van der Waals surface area contributed by atoms with Crippen LogP contribution < -0.4 is 5.73 Å². The smallest absolute Gasteiger partial charge is 0.00913 e. The fraction of sp³-hybridized carbons (Fsp3) is 0.625. The molecule has 1 aromatic carbocycles. The predicted octanol–water partition coefficient (Wildman–Crippen LogP) is 2.90. The molecule has 1 unspecified atom stereocenters. The first-order valence-corrected chi connectivity index (χ1v) is 6.71. The number of benzene rings is 1. The van der Waals surface area contributed by atoms with E-state index in [-0.39, 0.29) is 5.41 Å². The Bertz CT molecular complexity index is 389. The quantitative estimate of drug-likeness (QED) is 0.888. The molecule has 0 aromatic heterocycles. The molecule has 0 aliphatic heterocycles. The summed E-state index contributed by atoms with van der Waals surface area (Å²) in [5.41, 5.74) is 10.3. The van der Waals surface area contributed by atoms with Crippen molar-refractivity contribution >= 4 is 0 Å². The number of nitrogens with two attached hydrogens (primary N) is 1. The van der Waals surface area contributed by atoms with Crippen LogP contribution >= 0.6 is 0 Å². The van der Waals surface area contributed by atoms with Gasteiger partial charge in [-0.3, -0.25) is 0 Å². The van der Waals surface area contributed by atoms with Crippen LogP contribution in [0.5, 0.6) is 0 Å². The fourth-order valence-electron chi connectivity index (χ4n) is 2.29. The molecule has 0 aliphatic rings. The number of nitrogens with zero attached hydrogens (tertiary/aromatic N) is 1. The Morgan fingerprint density at radius 3 is 2.28 bits per heavy atom. The van der Waals surface area contributed by atoms with Crippen molar-refractivity contribution in [2.45, 2.75) is 39.0 Å². The minimum atomic E-state index is 0.194. The number of aryl methyl sites for hydroxylation is 1. The van der Waals surface area contributed by atoms with Gasteiger partial charge in [-0.05, 0) is 43.1 Å². The van der Waals surface area contributed by atoms with Crippen LogP contribution in [0.2, 0.25) is 0 Å². The fourth-order valence-corrected chi connectivity index (χ4v) is 2.29. The van der Waals surface area contributed by atoms with Gasteiger partial charge in [0.2, 0.25) is 0 Å². The van der Waals surface area contributed by atoms with Gasteiger partial charge < -0.3 is 10.6 Å². The van der Waals surface area contributed by atoms with Crippen LogP contribution in [-0.2, 0) is 5.41 Å². The normalized spacial score (nSPS) is 14.0. The van der Waals surface area contributed by atoms with E-state index in [1.54, 1.807) is 0 Å². The molecule has 1 aromatic rings. The number of hydrogen-bond donors (Lipinski definition) is 1. The maximum Gasteiger partial charge on any atom is 0.00913 e. The van der Waals surface area contributed by atoms with Crippen molar-refractivity contribution in [1.82, 2.24) is 4.90 Å². The van der Waals surface area contributed by atoms with Crippen LogP contribution in [0.4, 0.5) is 0 Å². The molecule has 0 saturated heterocycles. The average molecular weight is 248 g/mol. The molecule has 0 radical (unpaired) electrons. The van der Waals surface area contributed by atoms with Crippen molar-refractivity contribution in [3.8, 4) is 0 Å². The molecule has 2 nitrogen and oxygen atoms in total. The van der Waals surface area contributed by atoms with Gasteiger partial charge in [0.05, 0.1) is 0 Å². The van der Waals surface area contributed by atoms with E-state index in [4.69, 9.17) is 5.73 Å². The molecule has 1 atom stereocenters. The Morgan fingerprint density at radius 2 is 1.83 bits per heavy atom. The maximum absolute atomic E-state index is 5.95. The predicted molar refractivity (Wildman–Crippen MR) is 80.2 cm³/mol. The molecule has 0 aliphatic carbocycles. The summed E-state index contributed by atoms with van der Waals surface area (Å²) in [6.07, 6.45) is 0. The molecule has 0 spiro atoms. The van der Waals surface area contributed by atoms with Crippen molar-refractivity contribution in [1.29, 1.82) is 0 Å². The summed E-state index contributed by atoms with van der Waals surface area (Å²) in [7, 11) is 4.21. The van der Waals surface area contributed by atoms with Gasteiger partial charge in [-0.1, -0.05) is 39.0 Å². The molecule has 1 rings (SSSR count). The molecule has 18 heavy (non-hydrogen) atoms. The molecule has 0 amide bonds. The lowest BCUT2D eigenvalue weighted by atomic mass is 9.83. The third-order valence-electron chi connectivity index (χ3n) is 3.46. The molecule has 102 valence electrons. The number of likely N-dealkylation sites (N-methyl/N-ethyl adjacent to an activating group) is 1. The van der Waals surface area contributed by atoms with Gasteiger partial charge in [-0.2, -0.15) is 0 Å². The summed E-state index contributed by atoms with van der Waals surface area (Å²) in [5.74, 6) is 0.419. The number of hydrogen-bond acceptors (Lipinski definition) is 2. The van der Waals surface area contributed by atoms with Gasteiger partial charge in [-0.25, -0.2) is 0 Å². The SMILES string of the molecule is Cc1ccc(C(C)(C)C)cc1C(CN)CN(C)C. The highest BCUT2D eigenvalue weighted by atomic mass is 15.1. The molecular weight excluding hydrogens is 220 g/mol. The van der Waals surface area contributed by atoms with Crippen molar-refractivity contribution < 1.29 is 0 Å². The molecule has 0 bridgehead atoms. The number of rotatable bonds is 4. The molecular formula is C16H28N2. The largest absolute Gasteiger partial charge is 0.330 e. The summed E-state index contributed by atoms with van der Waals surface area (Å²) in [6.45, 7) is 10.7. The third kappa shape index (κ3) is 3.82. The minimum absolute atomic E-state index is 0.194. The maximum atomic E-state index is 5.95. The zero-order valence-electron chi connectivity index (χ0n) is 12.7. The van der Waals surface area contributed by atoms with Crippen LogP contribution in [-0.4, -0.2) is 32.1 Å². The van der Waals surface area contributed by atoms with E-state index in [9.17, 15) is 0 Å². The molecule has 0 heterocycles. The second kappa shape index (κ2) is 5.85. The average Bonchev–Trinajstić information content (AvgIpc) is 2.25. The summed E-state index contributed by atoms with van der Waals surface area (Å²) in [5, 5.41) is 0. The van der Waals surface area contributed by atoms with Gasteiger partial charge in [0.1, 0.15) is 0 Å². The Labute approximate surface area is 112 Å². The Morgan fingerprint density at radius 1 is 1.22 bits per heavy atom. The lowest BCUT2D eigenvalue weighted by Crippen LogP contribution is -2.27. The zero-order valence-corrected chi connectivity index (χ0v) is 12.7. The minimum Gasteiger partial charge on any atom is -0.330 e. The molecule has 0 saturated carbocycles. The first-order valence-electron chi connectivity index (χ1n) is 6.71. The lowest BCUT2D eigenvalue weighted by Gasteiger charge is -2.25. The van der Waals surface area contributed by atoms with E-state index >= 15 is 0 Å². The summed E-state index contributed by atoms with van der Waals surface area (Å²) in [4.78, 5) is 2.21. The van der Waals surface area contributed by atoms with E-state index < -0.39 is 0 Å². The van der Waals surface area contributed by atoms with Crippen LogP contribution in [0.25, 0.3) is 0 Å². The first kappa shape index (κ1) is 15.2. The van der Waals surface area contributed by atoms with Gasteiger partial charge in [-0.15, -0.1) is 0 Å². The molecule has 2 heteroatoms. The van der Waals surface area contributed by atoms with Gasteiger partial charge in [0.25, 0.3) is 0 Å². The second-order valence-corrected chi connectivity index (χ2v) is 6.52. The topological polar surface area (TPSA) is 29.3 Å². The van der Waals surface area contributed by atoms with E-state index in [1.165, 1.54) is 16.7 Å². The first-order chi connectivity index (χ1) is 8.25. The van der Waals surface area contributed by atoms with Crippen molar-refractivity contribution in [2.24, 2.45) is 5.73 Å². The Hall–Kier alpha value is -0.860. The zero-order chi connectivity index (χ0) is 13.9. The molecule has 2 N–H and O–H groups in total. The summed E-state index contributed by atoms with van der Waals surface area (Å²) in [6, 6.07) is 6.81. The highest BCUT2D eigenvalue weighted by Crippen LogP contribution is 2.28. The molecule has 0 fully saturated rings. The summed E-state index contributed by atoms with van der Waals surface area (Å²) >= 11 is 0. The summed E-state index contributed by atoms with van der Waals surface area (Å²) < 4.78 is 0. The van der Waals surface area contributed by atoms with E-state index in [0.29, 0.717) is 12.5 Å². The van der Waals surface area contributed by atoms with Crippen LogP contribution in [0, 0.1) is 6.92 Å². The van der Waals surface area contributed by atoms with E-state index in [2.05, 4.69) is 64.9 Å². The second-order valence-electron chi connectivity index (χ2n) is 6.52. The Balaban J connectivity index is 3.13. The van der Waals surface area contributed by atoms with E-state index in [0.717, 1.165) is 6.54 Å². The van der Waals surface area contributed by atoms with Gasteiger partial charge in [0, 0.05) is 19.0 Å². The highest BCUT2D eigenvalue weighted by molar-refractivity contribution is 5.37. The third-order valence-corrected chi connectivity index (χ3v) is 3.46. The Kier molecular flexibility index (Phi) is 4.94. The van der Waals surface area contributed by atoms with Crippen LogP contribution in [0.1, 0.15) is 43.4 Å². The van der Waals surface area contributed by atoms with Crippen LogP contribution in [0.3, 0.4) is 0 Å². The van der Waals surface area contributed by atoms with E-state index in [1.807, 2.05) is 0 Å². The van der Waals surface area contributed by atoms with Crippen LogP contribution in [0.15, 0.2) is 18.2 Å². The van der Waals surface area contributed by atoms with Crippen molar-refractivity contribution in [3.05, 3.63) is 34.9 Å². The highest BCUT2D eigenvalue weighted by Gasteiger charge is 2.18. The monoisotopic (exact) mass is 248 g/mol.